The number of ether oxygens (including phenoxy) is 1. The number of nitrogens with zero attached hydrogens (tertiary/aromatic N) is 1. The van der Waals surface area contributed by atoms with Crippen molar-refractivity contribution in [2.75, 3.05) is 6.54 Å². The van der Waals surface area contributed by atoms with Crippen molar-refractivity contribution in [2.45, 2.75) is 44.0 Å². The molecule has 192 valence electrons. The zero-order valence-corrected chi connectivity index (χ0v) is 20.2. The second-order valence-electron chi connectivity index (χ2n) is 8.22. The third-order valence-corrected chi connectivity index (χ3v) is 6.76. The van der Waals surface area contributed by atoms with Crippen LogP contribution in [0.5, 0.6) is 0 Å². The van der Waals surface area contributed by atoms with E-state index in [9.17, 15) is 39.6 Å². The van der Waals surface area contributed by atoms with Gasteiger partial charge in [-0.2, -0.15) is 17.5 Å². The minimum atomic E-state index is -5.40. The zero-order chi connectivity index (χ0) is 26.9. The van der Waals surface area contributed by atoms with Gasteiger partial charge in [-0.05, 0) is 32.4 Å². The van der Waals surface area contributed by atoms with Gasteiger partial charge in [0.25, 0.3) is 0 Å². The molecular weight excluding hydrogens is 524 g/mol. The minimum Gasteiger partial charge on any atom is -0.459 e. The molecular formula is C22H20ClF6NO4S. The van der Waals surface area contributed by atoms with Crippen LogP contribution in [0.3, 0.4) is 0 Å². The lowest BCUT2D eigenvalue weighted by molar-refractivity contribution is -0.155. The Balaban J connectivity index is 2.73. The fourth-order valence-electron chi connectivity index (χ4n) is 3.03. The highest BCUT2D eigenvalue weighted by Crippen LogP contribution is 2.37. The number of sulfonamides is 1. The molecule has 0 spiro atoms. The number of hydrogen-bond acceptors (Lipinski definition) is 4. The predicted molar refractivity (Wildman–Crippen MR) is 116 cm³/mol. The van der Waals surface area contributed by atoms with Crippen molar-refractivity contribution >= 4 is 33.7 Å². The van der Waals surface area contributed by atoms with Crippen molar-refractivity contribution in [1.29, 1.82) is 0 Å². The molecule has 0 aliphatic carbocycles. The van der Waals surface area contributed by atoms with Gasteiger partial charge in [-0.1, -0.05) is 42.5 Å². The number of esters is 1. The highest BCUT2D eigenvalue weighted by molar-refractivity contribution is 7.89. The lowest BCUT2D eigenvalue weighted by Crippen LogP contribution is -2.39. The van der Waals surface area contributed by atoms with E-state index in [0.29, 0.717) is 12.1 Å². The lowest BCUT2D eigenvalue weighted by Gasteiger charge is -2.26. The third-order valence-electron chi connectivity index (χ3n) is 4.45. The summed E-state index contributed by atoms with van der Waals surface area (Å²) < 4.78 is 116. The Kier molecular flexibility index (Phi) is 8.35. The van der Waals surface area contributed by atoms with Crippen LogP contribution < -0.4 is 0 Å². The Morgan fingerprint density at radius 2 is 1.66 bits per heavy atom. The van der Waals surface area contributed by atoms with E-state index in [2.05, 4.69) is 6.58 Å². The summed E-state index contributed by atoms with van der Waals surface area (Å²) >= 11 is 5.70. The van der Waals surface area contributed by atoms with E-state index >= 15 is 0 Å². The van der Waals surface area contributed by atoms with Gasteiger partial charge in [-0.3, -0.25) is 4.79 Å². The SMILES string of the molecule is C=Cc1c(F)c(F)c(S(=O)(=O)N(CC(=O)OC(C)(C)C)Cc2ccccc2C(F)(F)F)c(Cl)c1F. The summed E-state index contributed by atoms with van der Waals surface area (Å²) in [6.07, 6.45) is -4.35. The van der Waals surface area contributed by atoms with E-state index in [1.165, 1.54) is 26.8 Å². The smallest absolute Gasteiger partial charge is 0.416 e. The normalized spacial score (nSPS) is 12.7. The fourth-order valence-corrected chi connectivity index (χ4v) is 4.98. The molecule has 0 fully saturated rings. The van der Waals surface area contributed by atoms with Gasteiger partial charge in [-0.15, -0.1) is 0 Å². The molecule has 2 aromatic carbocycles. The average Bonchev–Trinajstić information content (AvgIpc) is 2.70. The summed E-state index contributed by atoms with van der Waals surface area (Å²) in [5.74, 6) is -6.91. The molecule has 0 heterocycles. The largest absolute Gasteiger partial charge is 0.459 e. The van der Waals surface area contributed by atoms with Gasteiger partial charge in [-0.25, -0.2) is 21.6 Å². The van der Waals surface area contributed by atoms with Gasteiger partial charge in [0.1, 0.15) is 22.1 Å². The van der Waals surface area contributed by atoms with Crippen LogP contribution in [0.1, 0.15) is 37.5 Å². The summed E-state index contributed by atoms with van der Waals surface area (Å²) in [4.78, 5) is 10.7. The topological polar surface area (TPSA) is 63.7 Å². The van der Waals surface area contributed by atoms with Gasteiger partial charge in [0.15, 0.2) is 17.5 Å². The van der Waals surface area contributed by atoms with Gasteiger partial charge in [0.2, 0.25) is 10.0 Å². The molecule has 2 rings (SSSR count). The van der Waals surface area contributed by atoms with E-state index < -0.39 is 84.9 Å². The molecule has 0 atom stereocenters. The standard InChI is InChI=1S/C22H20ClF6NO4S/c1-5-13-17(24)16(23)20(19(26)18(13)25)35(32,33)30(11-15(31)34-21(2,3)4)10-12-8-6-7-9-14(12)22(27,28)29/h5-9H,1,10-11H2,2-4H3. The average molecular weight is 544 g/mol. The first-order valence-corrected chi connectivity index (χ1v) is 11.6. The van der Waals surface area contributed by atoms with Crippen molar-refractivity contribution in [1.82, 2.24) is 4.31 Å². The van der Waals surface area contributed by atoms with Crippen LogP contribution >= 0.6 is 11.6 Å². The molecule has 2 aromatic rings. The van der Waals surface area contributed by atoms with Crippen LogP contribution in [0, 0.1) is 17.5 Å². The molecule has 0 amide bonds. The molecule has 0 aromatic heterocycles. The second-order valence-corrected chi connectivity index (χ2v) is 10.5. The summed E-state index contributed by atoms with van der Waals surface area (Å²) in [5, 5.41) is -1.36. The van der Waals surface area contributed by atoms with E-state index in [-0.39, 0.29) is 4.31 Å². The Morgan fingerprint density at radius 3 is 2.17 bits per heavy atom. The van der Waals surface area contributed by atoms with Gasteiger partial charge >= 0.3 is 12.1 Å². The fraction of sp³-hybridized carbons (Fsp3) is 0.318. The molecule has 0 aliphatic heterocycles. The Morgan fingerprint density at radius 1 is 1.09 bits per heavy atom. The van der Waals surface area contributed by atoms with Crippen LogP contribution in [0.4, 0.5) is 26.3 Å². The van der Waals surface area contributed by atoms with Crippen molar-refractivity contribution in [3.63, 3.8) is 0 Å². The summed E-state index contributed by atoms with van der Waals surface area (Å²) in [6, 6.07) is 3.82. The third kappa shape index (κ3) is 6.36. The highest BCUT2D eigenvalue weighted by atomic mass is 35.5. The second kappa shape index (κ2) is 10.2. The molecule has 0 radical (unpaired) electrons. The Labute approximate surface area is 203 Å². The number of carbonyl (C=O) groups is 1. The van der Waals surface area contributed by atoms with Gasteiger partial charge < -0.3 is 4.74 Å². The van der Waals surface area contributed by atoms with Crippen LogP contribution in [-0.2, 0) is 32.3 Å². The lowest BCUT2D eigenvalue weighted by atomic mass is 10.1. The molecule has 0 bridgehead atoms. The molecule has 35 heavy (non-hydrogen) atoms. The first-order valence-electron chi connectivity index (χ1n) is 9.77. The molecule has 13 heteroatoms. The molecule has 0 saturated carbocycles. The first-order chi connectivity index (χ1) is 15.9. The quantitative estimate of drug-likeness (QED) is 0.246. The first kappa shape index (κ1) is 28.7. The molecule has 0 N–H and O–H groups in total. The maximum Gasteiger partial charge on any atom is 0.416 e. The number of alkyl halides is 3. The monoisotopic (exact) mass is 543 g/mol. The maximum atomic E-state index is 14.8. The Hall–Kier alpha value is -2.57. The minimum absolute atomic E-state index is 0.0996. The van der Waals surface area contributed by atoms with E-state index in [4.69, 9.17) is 16.3 Å². The molecule has 0 unspecified atom stereocenters. The predicted octanol–water partition coefficient (Wildman–Crippen LogP) is 5.95. The van der Waals surface area contributed by atoms with Gasteiger partial charge in [0, 0.05) is 6.54 Å². The van der Waals surface area contributed by atoms with Crippen LogP contribution in [0.2, 0.25) is 5.02 Å². The van der Waals surface area contributed by atoms with E-state index in [0.717, 1.165) is 12.1 Å². The molecule has 5 nitrogen and oxygen atoms in total. The molecule has 0 saturated heterocycles. The summed E-state index contributed by atoms with van der Waals surface area (Å²) in [6.45, 7) is 5.08. The van der Waals surface area contributed by atoms with Crippen molar-refractivity contribution in [2.24, 2.45) is 0 Å². The van der Waals surface area contributed by atoms with E-state index in [1.54, 1.807) is 0 Å². The van der Waals surface area contributed by atoms with Crippen molar-refractivity contribution in [3.05, 3.63) is 70.0 Å². The number of rotatable bonds is 7. The number of benzene rings is 2. The molecule has 0 aliphatic rings. The van der Waals surface area contributed by atoms with Gasteiger partial charge in [0.05, 0.1) is 11.1 Å². The number of halogens is 7. The van der Waals surface area contributed by atoms with Crippen molar-refractivity contribution < 1.29 is 44.3 Å². The van der Waals surface area contributed by atoms with Crippen LogP contribution in [0.15, 0.2) is 35.7 Å². The van der Waals surface area contributed by atoms with Crippen LogP contribution in [-0.4, -0.2) is 30.8 Å². The summed E-state index contributed by atoms with van der Waals surface area (Å²) in [7, 11) is -5.40. The highest BCUT2D eigenvalue weighted by Gasteiger charge is 2.39. The van der Waals surface area contributed by atoms with E-state index in [1.807, 2.05) is 0 Å². The van der Waals surface area contributed by atoms with Crippen LogP contribution in [0.25, 0.3) is 6.08 Å². The Bertz CT molecular complexity index is 1230. The number of carbonyl (C=O) groups excluding carboxylic acids is 1. The van der Waals surface area contributed by atoms with Crippen molar-refractivity contribution in [3.8, 4) is 0 Å². The number of hydrogen-bond donors (Lipinski definition) is 0. The zero-order valence-electron chi connectivity index (χ0n) is 18.6. The summed E-state index contributed by atoms with van der Waals surface area (Å²) in [5.41, 5.74) is -4.03. The maximum absolute atomic E-state index is 14.8.